The molecule has 1 saturated carbocycles. The maximum atomic E-state index is 12.9. The Morgan fingerprint density at radius 2 is 1.80 bits per heavy atom. The van der Waals surface area contributed by atoms with E-state index in [1.165, 1.54) is 12.8 Å². The molecule has 5 rings (SSSR count). The summed E-state index contributed by atoms with van der Waals surface area (Å²) in [6.07, 6.45) is 12.0. The third-order valence-corrected chi connectivity index (χ3v) is 10.8. The summed E-state index contributed by atoms with van der Waals surface area (Å²) >= 11 is 0. The SMILES string of the molecule is C[C@H](CC=O)[C@H]1CC=C2C3=C(CC[C@@]21C)[C@@]1(C)CC[C@H](OC(=O)c2ccccc2)C(C)(C)[C@@H]1CC3. The number of aldehydes is 1. The summed E-state index contributed by atoms with van der Waals surface area (Å²) in [7, 11) is 0. The smallest absolute Gasteiger partial charge is 0.338 e. The van der Waals surface area contributed by atoms with Gasteiger partial charge in [0.05, 0.1) is 5.56 Å². The second kappa shape index (κ2) is 8.75. The number of allylic oxidation sites excluding steroid dienone is 4. The molecule has 0 saturated heterocycles. The molecule has 0 heterocycles. The van der Waals surface area contributed by atoms with Crippen molar-refractivity contribution in [1.82, 2.24) is 0 Å². The van der Waals surface area contributed by atoms with Gasteiger partial charge < -0.3 is 9.53 Å². The van der Waals surface area contributed by atoms with E-state index in [1.807, 2.05) is 30.3 Å². The van der Waals surface area contributed by atoms with Gasteiger partial charge in [-0.15, -0.1) is 0 Å². The minimum absolute atomic E-state index is 0.0523. The fraction of sp³-hybridized carbons (Fsp3) is 0.625. The van der Waals surface area contributed by atoms with Crippen LogP contribution in [0.25, 0.3) is 0 Å². The predicted molar refractivity (Wildman–Crippen MR) is 140 cm³/mol. The van der Waals surface area contributed by atoms with Gasteiger partial charge in [-0.05, 0) is 96.8 Å². The monoisotopic (exact) mass is 474 g/mol. The zero-order valence-electron chi connectivity index (χ0n) is 22.2. The van der Waals surface area contributed by atoms with Crippen molar-refractivity contribution >= 4 is 12.3 Å². The Balaban J connectivity index is 1.40. The lowest BCUT2D eigenvalue weighted by molar-refractivity contribution is -0.109. The van der Waals surface area contributed by atoms with Crippen LogP contribution >= 0.6 is 0 Å². The van der Waals surface area contributed by atoms with Crippen LogP contribution in [-0.2, 0) is 9.53 Å². The van der Waals surface area contributed by atoms with Crippen LogP contribution in [0.2, 0.25) is 0 Å². The Morgan fingerprint density at radius 1 is 1.06 bits per heavy atom. The van der Waals surface area contributed by atoms with Gasteiger partial charge in [0.2, 0.25) is 0 Å². The number of carbonyl (C=O) groups is 2. The van der Waals surface area contributed by atoms with Crippen molar-refractivity contribution in [2.75, 3.05) is 0 Å². The van der Waals surface area contributed by atoms with E-state index in [4.69, 9.17) is 4.74 Å². The normalized spacial score (nSPS) is 36.4. The third-order valence-electron chi connectivity index (χ3n) is 10.8. The fourth-order valence-electron chi connectivity index (χ4n) is 8.86. The van der Waals surface area contributed by atoms with Gasteiger partial charge >= 0.3 is 5.97 Å². The Labute approximate surface area is 211 Å². The molecule has 0 aromatic heterocycles. The van der Waals surface area contributed by atoms with E-state index < -0.39 is 0 Å². The van der Waals surface area contributed by atoms with Crippen molar-refractivity contribution < 1.29 is 14.3 Å². The molecule has 1 aromatic carbocycles. The first-order chi connectivity index (χ1) is 16.6. The summed E-state index contributed by atoms with van der Waals surface area (Å²) < 4.78 is 6.18. The van der Waals surface area contributed by atoms with Gasteiger partial charge in [0.1, 0.15) is 12.4 Å². The van der Waals surface area contributed by atoms with Crippen LogP contribution in [0.15, 0.2) is 53.1 Å². The highest BCUT2D eigenvalue weighted by atomic mass is 16.5. The van der Waals surface area contributed by atoms with E-state index >= 15 is 0 Å². The van der Waals surface area contributed by atoms with Gasteiger partial charge in [0.25, 0.3) is 0 Å². The largest absolute Gasteiger partial charge is 0.458 e. The average molecular weight is 475 g/mol. The minimum Gasteiger partial charge on any atom is -0.458 e. The lowest BCUT2D eigenvalue weighted by Crippen LogP contribution is -2.54. The summed E-state index contributed by atoms with van der Waals surface area (Å²) in [5, 5.41) is 0. The highest BCUT2D eigenvalue weighted by Crippen LogP contribution is 2.66. The number of fused-ring (bicyclic) bond motifs is 4. The maximum absolute atomic E-state index is 12.9. The molecule has 1 aromatic rings. The summed E-state index contributed by atoms with van der Waals surface area (Å²) in [6.45, 7) is 11.9. The summed E-state index contributed by atoms with van der Waals surface area (Å²) in [4.78, 5) is 24.1. The third kappa shape index (κ3) is 3.76. The fourth-order valence-corrected chi connectivity index (χ4v) is 8.86. The molecule has 0 amide bonds. The van der Waals surface area contributed by atoms with Crippen molar-refractivity contribution in [2.45, 2.75) is 92.1 Å². The molecule has 3 heteroatoms. The maximum Gasteiger partial charge on any atom is 0.338 e. The number of carbonyl (C=O) groups excluding carboxylic acids is 2. The second-order valence-electron chi connectivity index (χ2n) is 12.8. The van der Waals surface area contributed by atoms with Crippen LogP contribution in [0.1, 0.15) is 96.3 Å². The van der Waals surface area contributed by atoms with Gasteiger partial charge in [-0.1, -0.05) is 64.5 Å². The van der Waals surface area contributed by atoms with Crippen LogP contribution in [-0.4, -0.2) is 18.4 Å². The molecule has 35 heavy (non-hydrogen) atoms. The summed E-state index contributed by atoms with van der Waals surface area (Å²) in [6, 6.07) is 9.41. The quantitative estimate of drug-likeness (QED) is 0.324. The molecule has 0 N–H and O–H groups in total. The lowest BCUT2D eigenvalue weighted by Gasteiger charge is -2.59. The van der Waals surface area contributed by atoms with E-state index in [0.29, 0.717) is 29.7 Å². The molecule has 6 atom stereocenters. The van der Waals surface area contributed by atoms with E-state index in [0.717, 1.165) is 38.4 Å². The van der Waals surface area contributed by atoms with E-state index in [9.17, 15) is 9.59 Å². The van der Waals surface area contributed by atoms with E-state index in [2.05, 4.69) is 40.7 Å². The summed E-state index contributed by atoms with van der Waals surface area (Å²) in [5.41, 5.74) is 5.90. The zero-order chi connectivity index (χ0) is 25.0. The molecule has 4 aliphatic rings. The zero-order valence-corrected chi connectivity index (χ0v) is 22.2. The highest BCUT2D eigenvalue weighted by Gasteiger charge is 2.58. The number of rotatable bonds is 5. The number of benzene rings is 1. The molecule has 0 unspecified atom stereocenters. The first-order valence-corrected chi connectivity index (χ1v) is 13.8. The van der Waals surface area contributed by atoms with Crippen molar-refractivity contribution in [3.05, 3.63) is 58.7 Å². The highest BCUT2D eigenvalue weighted by molar-refractivity contribution is 5.89. The van der Waals surface area contributed by atoms with Crippen LogP contribution < -0.4 is 0 Å². The van der Waals surface area contributed by atoms with Crippen molar-refractivity contribution in [2.24, 2.45) is 34.0 Å². The van der Waals surface area contributed by atoms with Crippen LogP contribution in [0.3, 0.4) is 0 Å². The van der Waals surface area contributed by atoms with Crippen molar-refractivity contribution in [1.29, 1.82) is 0 Å². The number of hydrogen-bond acceptors (Lipinski definition) is 3. The van der Waals surface area contributed by atoms with Gasteiger partial charge in [-0.3, -0.25) is 0 Å². The summed E-state index contributed by atoms with van der Waals surface area (Å²) in [5.74, 6) is 1.33. The number of ether oxygens (including phenoxy) is 1. The topological polar surface area (TPSA) is 43.4 Å². The number of hydrogen-bond donors (Lipinski definition) is 0. The van der Waals surface area contributed by atoms with Crippen molar-refractivity contribution in [3.8, 4) is 0 Å². The lowest BCUT2D eigenvalue weighted by atomic mass is 9.46. The molecule has 188 valence electrons. The second-order valence-corrected chi connectivity index (χ2v) is 12.8. The van der Waals surface area contributed by atoms with Gasteiger partial charge in [-0.25, -0.2) is 4.79 Å². The molecule has 0 spiro atoms. The van der Waals surface area contributed by atoms with Gasteiger partial charge in [0.15, 0.2) is 0 Å². The Morgan fingerprint density at radius 3 is 2.51 bits per heavy atom. The molecule has 0 radical (unpaired) electrons. The Kier molecular flexibility index (Phi) is 6.13. The molecule has 3 nitrogen and oxygen atoms in total. The minimum atomic E-state index is -0.192. The van der Waals surface area contributed by atoms with Crippen LogP contribution in [0.5, 0.6) is 0 Å². The predicted octanol–water partition coefficient (Wildman–Crippen LogP) is 7.72. The molecular formula is C32H42O3. The van der Waals surface area contributed by atoms with Crippen molar-refractivity contribution in [3.63, 3.8) is 0 Å². The van der Waals surface area contributed by atoms with E-state index in [-0.39, 0.29) is 28.3 Å². The van der Waals surface area contributed by atoms with Gasteiger partial charge in [-0.2, -0.15) is 0 Å². The Bertz CT molecular complexity index is 1060. The molecular weight excluding hydrogens is 432 g/mol. The van der Waals surface area contributed by atoms with Gasteiger partial charge in [0, 0.05) is 11.8 Å². The van der Waals surface area contributed by atoms with Crippen LogP contribution in [0.4, 0.5) is 0 Å². The average Bonchev–Trinajstić information content (AvgIpc) is 3.19. The molecule has 1 fully saturated rings. The first kappa shape index (κ1) is 24.5. The van der Waals surface area contributed by atoms with E-state index in [1.54, 1.807) is 16.7 Å². The Hall–Kier alpha value is -2.16. The standard InChI is InChI=1S/C32H42O3/c1-21(17-20-33)24-12-13-25-23-11-14-27-30(2,3)28(35-29(34)22-9-7-6-8-10-22)16-19-32(27,5)26(23)15-18-31(24,25)4/h6-10,13,20-21,24,27-28H,11-12,14-19H2,1-5H3/t21-,24-,27+,28+,31-,32-/m1/s1. The number of esters is 1. The molecule has 0 aliphatic heterocycles. The molecule has 4 aliphatic carbocycles. The molecule has 0 bridgehead atoms. The first-order valence-electron chi connectivity index (χ1n) is 13.8. The van der Waals surface area contributed by atoms with Crippen LogP contribution in [0, 0.1) is 34.0 Å².